The Hall–Kier alpha value is -1.42. The maximum absolute atomic E-state index is 13.2. The van der Waals surface area contributed by atoms with Crippen molar-refractivity contribution in [2.45, 2.75) is 39.0 Å². The molecule has 1 aliphatic rings. The van der Waals surface area contributed by atoms with Gasteiger partial charge in [0.2, 0.25) is 5.91 Å². The number of piperazine rings is 1. The third-order valence-corrected chi connectivity index (χ3v) is 5.17. The lowest BCUT2D eigenvalue weighted by Gasteiger charge is -2.34. The molecule has 1 aromatic carbocycles. The minimum absolute atomic E-state index is 0.178. The highest BCUT2D eigenvalue weighted by molar-refractivity contribution is 5.77. The van der Waals surface area contributed by atoms with Crippen LogP contribution in [0.3, 0.4) is 0 Å². The van der Waals surface area contributed by atoms with Gasteiger partial charge in [-0.1, -0.05) is 38.8 Å². The lowest BCUT2D eigenvalue weighted by atomic mass is 9.80. The second-order valence-electron chi connectivity index (χ2n) is 6.62. The molecule has 1 heterocycles. The van der Waals surface area contributed by atoms with E-state index in [0.717, 1.165) is 44.6 Å². The van der Waals surface area contributed by atoms with Gasteiger partial charge in [-0.15, -0.1) is 0 Å². The molecule has 0 N–H and O–H groups in total. The van der Waals surface area contributed by atoms with Gasteiger partial charge in [0.15, 0.2) is 0 Å². The highest BCUT2D eigenvalue weighted by atomic mass is 19.1. The Kier molecular flexibility index (Phi) is 6.58. The van der Waals surface area contributed by atoms with Crippen molar-refractivity contribution in [2.24, 2.45) is 5.92 Å². The van der Waals surface area contributed by atoms with Crippen LogP contribution in [0.4, 0.5) is 4.39 Å². The Morgan fingerprint density at radius 3 is 2.17 bits per heavy atom. The Morgan fingerprint density at radius 2 is 1.65 bits per heavy atom. The van der Waals surface area contributed by atoms with E-state index in [1.54, 1.807) is 0 Å². The van der Waals surface area contributed by atoms with Gasteiger partial charge in [0, 0.05) is 32.6 Å². The van der Waals surface area contributed by atoms with E-state index in [4.69, 9.17) is 0 Å². The van der Waals surface area contributed by atoms with Crippen molar-refractivity contribution in [3.63, 3.8) is 0 Å². The number of benzene rings is 1. The molecule has 1 aliphatic heterocycles. The monoisotopic (exact) mass is 320 g/mol. The molecule has 4 heteroatoms. The molecule has 0 aliphatic carbocycles. The van der Waals surface area contributed by atoms with Gasteiger partial charge in [0.05, 0.1) is 0 Å². The summed E-state index contributed by atoms with van der Waals surface area (Å²) in [5.41, 5.74) is 1.09. The third-order valence-electron chi connectivity index (χ3n) is 5.17. The number of rotatable bonds is 6. The second-order valence-corrected chi connectivity index (χ2v) is 6.62. The summed E-state index contributed by atoms with van der Waals surface area (Å²) in [4.78, 5) is 17.0. The molecule has 23 heavy (non-hydrogen) atoms. The van der Waals surface area contributed by atoms with Crippen LogP contribution in [-0.4, -0.2) is 48.9 Å². The standard InChI is InChI=1S/C19H29FN2O/c1-4-15(5-2)18(16-6-8-17(20)9-7-16)14-19(23)22-12-10-21(3)11-13-22/h6-9,15,18H,4-5,10-14H2,1-3H3. The molecule has 0 aromatic heterocycles. The number of amides is 1. The smallest absolute Gasteiger partial charge is 0.223 e. The molecule has 1 amide bonds. The normalized spacial score (nSPS) is 17.5. The summed E-state index contributed by atoms with van der Waals surface area (Å²) in [7, 11) is 2.09. The molecule has 1 atom stereocenters. The second kappa shape index (κ2) is 8.44. The van der Waals surface area contributed by atoms with Crippen LogP contribution >= 0.6 is 0 Å². The molecule has 128 valence electrons. The Labute approximate surface area is 139 Å². The van der Waals surface area contributed by atoms with E-state index in [1.807, 2.05) is 17.0 Å². The van der Waals surface area contributed by atoms with Crippen LogP contribution in [0.5, 0.6) is 0 Å². The van der Waals surface area contributed by atoms with E-state index in [1.165, 1.54) is 12.1 Å². The first-order valence-corrected chi connectivity index (χ1v) is 8.76. The minimum atomic E-state index is -0.220. The molecule has 1 aromatic rings. The van der Waals surface area contributed by atoms with Gasteiger partial charge in [0.25, 0.3) is 0 Å². The summed E-state index contributed by atoms with van der Waals surface area (Å²) in [6.07, 6.45) is 2.60. The van der Waals surface area contributed by atoms with E-state index >= 15 is 0 Å². The predicted octanol–water partition coefficient (Wildman–Crippen LogP) is 3.51. The highest BCUT2D eigenvalue weighted by Gasteiger charge is 2.27. The minimum Gasteiger partial charge on any atom is -0.340 e. The summed E-state index contributed by atoms with van der Waals surface area (Å²) >= 11 is 0. The molecule has 1 fully saturated rings. The Morgan fingerprint density at radius 1 is 1.09 bits per heavy atom. The molecule has 0 spiro atoms. The Bertz CT molecular complexity index is 491. The van der Waals surface area contributed by atoms with Crippen molar-refractivity contribution in [3.8, 4) is 0 Å². The number of likely N-dealkylation sites (N-methyl/N-ethyl adjacent to an activating group) is 1. The van der Waals surface area contributed by atoms with E-state index in [-0.39, 0.29) is 17.6 Å². The van der Waals surface area contributed by atoms with Crippen LogP contribution < -0.4 is 0 Å². The summed E-state index contributed by atoms with van der Waals surface area (Å²) in [6.45, 7) is 7.86. The van der Waals surface area contributed by atoms with Gasteiger partial charge in [-0.3, -0.25) is 4.79 Å². The molecular formula is C19H29FN2O. The summed E-state index contributed by atoms with van der Waals surface area (Å²) in [5.74, 6) is 0.649. The van der Waals surface area contributed by atoms with Crippen LogP contribution in [-0.2, 0) is 4.79 Å². The molecule has 3 nitrogen and oxygen atoms in total. The van der Waals surface area contributed by atoms with Crippen molar-refractivity contribution in [1.82, 2.24) is 9.80 Å². The van der Waals surface area contributed by atoms with E-state index < -0.39 is 0 Å². The zero-order chi connectivity index (χ0) is 16.8. The van der Waals surface area contributed by atoms with Gasteiger partial charge in [-0.05, 0) is 36.6 Å². The van der Waals surface area contributed by atoms with Crippen molar-refractivity contribution in [1.29, 1.82) is 0 Å². The number of hydrogen-bond acceptors (Lipinski definition) is 2. The van der Waals surface area contributed by atoms with Crippen molar-refractivity contribution in [2.75, 3.05) is 33.2 Å². The van der Waals surface area contributed by atoms with Crippen LogP contribution in [0.15, 0.2) is 24.3 Å². The molecule has 1 unspecified atom stereocenters. The third kappa shape index (κ3) is 4.77. The fourth-order valence-corrected chi connectivity index (χ4v) is 3.50. The maximum Gasteiger partial charge on any atom is 0.223 e. The average Bonchev–Trinajstić information content (AvgIpc) is 2.56. The van der Waals surface area contributed by atoms with Crippen LogP contribution in [0.1, 0.15) is 44.6 Å². The van der Waals surface area contributed by atoms with Crippen molar-refractivity contribution < 1.29 is 9.18 Å². The van der Waals surface area contributed by atoms with E-state index in [2.05, 4.69) is 25.8 Å². The average molecular weight is 320 g/mol. The first-order chi connectivity index (χ1) is 11.0. The lowest BCUT2D eigenvalue weighted by Crippen LogP contribution is -2.47. The van der Waals surface area contributed by atoms with Crippen molar-refractivity contribution in [3.05, 3.63) is 35.6 Å². The number of hydrogen-bond donors (Lipinski definition) is 0. The molecular weight excluding hydrogens is 291 g/mol. The fourth-order valence-electron chi connectivity index (χ4n) is 3.50. The number of nitrogens with zero attached hydrogens (tertiary/aromatic N) is 2. The quantitative estimate of drug-likeness (QED) is 0.801. The SMILES string of the molecule is CCC(CC)C(CC(=O)N1CCN(C)CC1)c1ccc(F)cc1. The largest absolute Gasteiger partial charge is 0.340 e. The lowest BCUT2D eigenvalue weighted by molar-refractivity contribution is -0.133. The first kappa shape index (κ1) is 17.9. The van der Waals surface area contributed by atoms with Gasteiger partial charge >= 0.3 is 0 Å². The van der Waals surface area contributed by atoms with Crippen LogP contribution in [0.2, 0.25) is 0 Å². The van der Waals surface area contributed by atoms with Crippen molar-refractivity contribution >= 4 is 5.91 Å². The molecule has 1 saturated heterocycles. The maximum atomic E-state index is 13.2. The van der Waals surface area contributed by atoms with Crippen LogP contribution in [0, 0.1) is 11.7 Å². The topological polar surface area (TPSA) is 23.6 Å². The fraction of sp³-hybridized carbons (Fsp3) is 0.632. The zero-order valence-corrected chi connectivity index (χ0v) is 14.6. The first-order valence-electron chi connectivity index (χ1n) is 8.76. The molecule has 0 bridgehead atoms. The van der Waals surface area contributed by atoms with Gasteiger partial charge < -0.3 is 9.80 Å². The van der Waals surface area contributed by atoms with E-state index in [0.29, 0.717) is 12.3 Å². The Balaban J connectivity index is 2.10. The van der Waals surface area contributed by atoms with Crippen LogP contribution in [0.25, 0.3) is 0 Å². The van der Waals surface area contributed by atoms with E-state index in [9.17, 15) is 9.18 Å². The van der Waals surface area contributed by atoms with Gasteiger partial charge in [-0.2, -0.15) is 0 Å². The summed E-state index contributed by atoms with van der Waals surface area (Å²) < 4.78 is 13.2. The highest BCUT2D eigenvalue weighted by Crippen LogP contribution is 2.33. The number of halogens is 1. The van der Waals surface area contributed by atoms with Gasteiger partial charge in [-0.25, -0.2) is 4.39 Å². The summed E-state index contributed by atoms with van der Waals surface area (Å²) in [5, 5.41) is 0. The summed E-state index contributed by atoms with van der Waals surface area (Å²) in [6, 6.07) is 6.70. The number of carbonyl (C=O) groups is 1. The molecule has 0 saturated carbocycles. The number of carbonyl (C=O) groups excluding carboxylic acids is 1. The molecule has 2 rings (SSSR count). The predicted molar refractivity (Wildman–Crippen MR) is 91.9 cm³/mol. The molecule has 0 radical (unpaired) electrons. The zero-order valence-electron chi connectivity index (χ0n) is 14.6. The van der Waals surface area contributed by atoms with Gasteiger partial charge in [0.1, 0.15) is 5.82 Å².